The van der Waals surface area contributed by atoms with Crippen LogP contribution in [0.3, 0.4) is 0 Å². The Labute approximate surface area is 152 Å². The highest BCUT2D eigenvalue weighted by atomic mass is 32.1. The molecule has 2 aromatic rings. The zero-order valence-electron chi connectivity index (χ0n) is 14.6. The SMILES string of the molecule is Cc1ccc(NC(=O)C(C)N2CCN(C(=O)c3cccs3)CC2)cc1. The highest BCUT2D eigenvalue weighted by Gasteiger charge is 2.28. The van der Waals surface area contributed by atoms with Gasteiger partial charge in [0.05, 0.1) is 10.9 Å². The van der Waals surface area contributed by atoms with E-state index >= 15 is 0 Å². The number of benzene rings is 1. The summed E-state index contributed by atoms with van der Waals surface area (Å²) in [6, 6.07) is 11.3. The maximum absolute atomic E-state index is 12.5. The molecule has 132 valence electrons. The average Bonchev–Trinajstić information content (AvgIpc) is 3.17. The number of hydrogen-bond acceptors (Lipinski definition) is 4. The zero-order chi connectivity index (χ0) is 17.8. The van der Waals surface area contributed by atoms with Gasteiger partial charge >= 0.3 is 0 Å². The fourth-order valence-corrected chi connectivity index (χ4v) is 3.61. The number of nitrogens with one attached hydrogen (secondary N) is 1. The van der Waals surface area contributed by atoms with Crippen molar-refractivity contribution in [3.8, 4) is 0 Å². The lowest BCUT2D eigenvalue weighted by atomic mass is 10.2. The smallest absolute Gasteiger partial charge is 0.264 e. The molecule has 1 fully saturated rings. The number of hydrogen-bond donors (Lipinski definition) is 1. The summed E-state index contributed by atoms with van der Waals surface area (Å²) in [4.78, 5) is 29.6. The first-order valence-corrected chi connectivity index (χ1v) is 9.37. The van der Waals surface area contributed by atoms with Crippen molar-refractivity contribution in [1.29, 1.82) is 0 Å². The van der Waals surface area contributed by atoms with E-state index in [1.165, 1.54) is 11.3 Å². The first kappa shape index (κ1) is 17.6. The van der Waals surface area contributed by atoms with Crippen LogP contribution in [0.2, 0.25) is 0 Å². The van der Waals surface area contributed by atoms with E-state index in [0.717, 1.165) is 16.1 Å². The van der Waals surface area contributed by atoms with Gasteiger partial charge in [-0.3, -0.25) is 14.5 Å². The van der Waals surface area contributed by atoms with Gasteiger partial charge in [-0.25, -0.2) is 0 Å². The third kappa shape index (κ3) is 4.27. The molecular weight excluding hydrogens is 334 g/mol. The summed E-state index contributed by atoms with van der Waals surface area (Å²) in [7, 11) is 0. The maximum atomic E-state index is 12.5. The summed E-state index contributed by atoms with van der Waals surface area (Å²) in [5, 5.41) is 4.88. The first-order chi connectivity index (χ1) is 12.0. The normalized spacial score (nSPS) is 16.5. The number of amides is 2. The molecule has 1 saturated heterocycles. The largest absolute Gasteiger partial charge is 0.335 e. The Balaban J connectivity index is 1.52. The molecule has 5 nitrogen and oxygen atoms in total. The van der Waals surface area contributed by atoms with Crippen LogP contribution >= 0.6 is 11.3 Å². The van der Waals surface area contributed by atoms with Crippen molar-refractivity contribution in [3.63, 3.8) is 0 Å². The molecule has 1 aliphatic rings. The number of carbonyl (C=O) groups is 2. The minimum Gasteiger partial charge on any atom is -0.335 e. The van der Waals surface area contributed by atoms with Crippen LogP contribution in [0, 0.1) is 6.92 Å². The van der Waals surface area contributed by atoms with Gasteiger partial charge in [-0.05, 0) is 37.4 Å². The van der Waals surface area contributed by atoms with Crippen LogP contribution in [0.25, 0.3) is 0 Å². The first-order valence-electron chi connectivity index (χ1n) is 8.49. The van der Waals surface area contributed by atoms with Crippen LogP contribution in [0.1, 0.15) is 22.2 Å². The van der Waals surface area contributed by atoms with Crippen LogP contribution in [0.5, 0.6) is 0 Å². The van der Waals surface area contributed by atoms with E-state index in [1.807, 2.05) is 60.5 Å². The topological polar surface area (TPSA) is 52.7 Å². The molecule has 1 aromatic carbocycles. The Morgan fingerprint density at radius 1 is 1.08 bits per heavy atom. The van der Waals surface area contributed by atoms with Crippen molar-refractivity contribution in [2.24, 2.45) is 0 Å². The highest BCUT2D eigenvalue weighted by Crippen LogP contribution is 2.16. The Bertz CT molecular complexity index is 720. The van der Waals surface area contributed by atoms with Crippen molar-refractivity contribution < 1.29 is 9.59 Å². The predicted octanol–water partition coefficient (Wildman–Crippen LogP) is 2.84. The standard InChI is InChI=1S/C19H23N3O2S/c1-14-5-7-16(8-6-14)20-18(23)15(2)21-9-11-22(12-10-21)19(24)17-4-3-13-25-17/h3-8,13,15H,9-12H2,1-2H3,(H,20,23). The van der Waals surface area contributed by atoms with Crippen molar-refractivity contribution in [2.45, 2.75) is 19.9 Å². The summed E-state index contributed by atoms with van der Waals surface area (Å²) in [5.74, 6) is 0.0771. The third-order valence-corrected chi connectivity index (χ3v) is 5.44. The van der Waals surface area contributed by atoms with E-state index in [2.05, 4.69) is 10.2 Å². The fraction of sp³-hybridized carbons (Fsp3) is 0.368. The van der Waals surface area contributed by atoms with E-state index in [0.29, 0.717) is 26.2 Å². The van der Waals surface area contributed by atoms with Gasteiger partial charge in [0, 0.05) is 31.9 Å². The predicted molar refractivity (Wildman–Crippen MR) is 101 cm³/mol. The second-order valence-corrected chi connectivity index (χ2v) is 7.28. The Kier molecular flexibility index (Phi) is 5.50. The summed E-state index contributed by atoms with van der Waals surface area (Å²) >= 11 is 1.47. The number of piperazine rings is 1. The number of anilines is 1. The number of nitrogens with zero attached hydrogens (tertiary/aromatic N) is 2. The molecule has 6 heteroatoms. The van der Waals surface area contributed by atoms with E-state index in [9.17, 15) is 9.59 Å². The van der Waals surface area contributed by atoms with Crippen molar-refractivity contribution >= 4 is 28.8 Å². The van der Waals surface area contributed by atoms with Gasteiger partial charge in [0.25, 0.3) is 5.91 Å². The molecule has 3 rings (SSSR count). The number of rotatable bonds is 4. The lowest BCUT2D eigenvalue weighted by Crippen LogP contribution is -2.53. The second kappa shape index (κ2) is 7.80. The van der Waals surface area contributed by atoms with Gasteiger partial charge in [0.15, 0.2) is 0 Å². The second-order valence-electron chi connectivity index (χ2n) is 6.34. The van der Waals surface area contributed by atoms with Gasteiger partial charge in [0.1, 0.15) is 0 Å². The Morgan fingerprint density at radius 2 is 1.76 bits per heavy atom. The van der Waals surface area contributed by atoms with Crippen LogP contribution in [-0.2, 0) is 4.79 Å². The lowest BCUT2D eigenvalue weighted by Gasteiger charge is -2.37. The summed E-state index contributed by atoms with van der Waals surface area (Å²) < 4.78 is 0. The zero-order valence-corrected chi connectivity index (χ0v) is 15.4. The summed E-state index contributed by atoms with van der Waals surface area (Å²) in [6.07, 6.45) is 0. The van der Waals surface area contributed by atoms with Crippen molar-refractivity contribution in [2.75, 3.05) is 31.5 Å². The fourth-order valence-electron chi connectivity index (χ4n) is 2.92. The minimum atomic E-state index is -0.222. The molecule has 25 heavy (non-hydrogen) atoms. The van der Waals surface area contributed by atoms with Gasteiger partial charge < -0.3 is 10.2 Å². The quantitative estimate of drug-likeness (QED) is 0.915. The molecule has 0 radical (unpaired) electrons. The molecular formula is C19H23N3O2S. The van der Waals surface area contributed by atoms with Crippen LogP contribution in [0.15, 0.2) is 41.8 Å². The van der Waals surface area contributed by atoms with Gasteiger partial charge in [-0.2, -0.15) is 0 Å². The minimum absolute atomic E-state index is 0.0121. The highest BCUT2D eigenvalue weighted by molar-refractivity contribution is 7.12. The van der Waals surface area contributed by atoms with Crippen LogP contribution < -0.4 is 5.32 Å². The lowest BCUT2D eigenvalue weighted by molar-refractivity contribution is -0.121. The molecule has 1 atom stereocenters. The maximum Gasteiger partial charge on any atom is 0.264 e. The molecule has 1 aromatic heterocycles. The molecule has 2 amide bonds. The van der Waals surface area contributed by atoms with Gasteiger partial charge in [-0.1, -0.05) is 23.8 Å². The average molecular weight is 357 g/mol. The molecule has 0 saturated carbocycles. The molecule has 2 heterocycles. The summed E-state index contributed by atoms with van der Waals surface area (Å²) in [5.41, 5.74) is 1.98. The van der Waals surface area contributed by atoms with Gasteiger partial charge in [0.2, 0.25) is 5.91 Å². The Morgan fingerprint density at radius 3 is 2.36 bits per heavy atom. The van der Waals surface area contributed by atoms with Crippen molar-refractivity contribution in [1.82, 2.24) is 9.80 Å². The molecule has 1 aliphatic heterocycles. The summed E-state index contributed by atoms with van der Waals surface area (Å²) in [6.45, 7) is 6.66. The molecule has 0 aliphatic carbocycles. The number of carbonyl (C=O) groups excluding carboxylic acids is 2. The van der Waals surface area contributed by atoms with Crippen molar-refractivity contribution in [3.05, 3.63) is 52.2 Å². The van der Waals surface area contributed by atoms with E-state index in [4.69, 9.17) is 0 Å². The monoisotopic (exact) mass is 357 g/mol. The molecule has 0 bridgehead atoms. The number of thiophene rings is 1. The Hall–Kier alpha value is -2.18. The van der Waals surface area contributed by atoms with Crippen LogP contribution in [-0.4, -0.2) is 53.8 Å². The van der Waals surface area contributed by atoms with E-state index in [-0.39, 0.29) is 17.9 Å². The molecule has 1 unspecified atom stereocenters. The van der Waals surface area contributed by atoms with Gasteiger partial charge in [-0.15, -0.1) is 11.3 Å². The third-order valence-electron chi connectivity index (χ3n) is 4.58. The van der Waals surface area contributed by atoms with Crippen LogP contribution in [0.4, 0.5) is 5.69 Å². The number of aryl methyl sites for hydroxylation is 1. The molecule has 1 N–H and O–H groups in total. The van der Waals surface area contributed by atoms with E-state index < -0.39 is 0 Å². The van der Waals surface area contributed by atoms with E-state index in [1.54, 1.807) is 0 Å². The molecule has 0 spiro atoms.